The third kappa shape index (κ3) is 5.08. The molecule has 1 aromatic heterocycles. The normalized spacial score (nSPS) is 10.5. The van der Waals surface area contributed by atoms with E-state index in [0.29, 0.717) is 46.8 Å². The van der Waals surface area contributed by atoms with Gasteiger partial charge in [0.25, 0.3) is 0 Å². The number of rotatable bonds is 7. The number of aryl methyl sites for hydroxylation is 1. The molecule has 7 heteroatoms. The van der Waals surface area contributed by atoms with Crippen molar-refractivity contribution in [3.63, 3.8) is 0 Å². The van der Waals surface area contributed by atoms with Crippen molar-refractivity contribution in [2.24, 2.45) is 0 Å². The number of aromatic nitrogens is 2. The molecule has 27 heavy (non-hydrogen) atoms. The summed E-state index contributed by atoms with van der Waals surface area (Å²) in [5.74, 6) is 1.51. The Labute approximate surface area is 162 Å². The molecule has 5 nitrogen and oxygen atoms in total. The molecule has 1 heterocycles. The molecule has 0 radical (unpaired) electrons. The van der Waals surface area contributed by atoms with Crippen LogP contribution in [0.3, 0.4) is 0 Å². The van der Waals surface area contributed by atoms with Crippen molar-refractivity contribution < 1.29 is 9.13 Å². The maximum Gasteiger partial charge on any atom is 0.229 e. The molecule has 3 aromatic rings. The Hall–Kier alpha value is -2.86. The summed E-state index contributed by atoms with van der Waals surface area (Å²) in [6.07, 6.45) is 0.556. The van der Waals surface area contributed by atoms with E-state index in [0.717, 1.165) is 5.69 Å². The van der Waals surface area contributed by atoms with Gasteiger partial charge in [0.2, 0.25) is 5.95 Å². The number of anilines is 3. The smallest absolute Gasteiger partial charge is 0.229 e. The second-order valence-corrected chi connectivity index (χ2v) is 6.39. The first-order valence-corrected chi connectivity index (χ1v) is 8.86. The van der Waals surface area contributed by atoms with E-state index in [9.17, 15) is 4.39 Å². The van der Waals surface area contributed by atoms with Crippen LogP contribution in [0, 0.1) is 12.7 Å². The monoisotopic (exact) mass is 386 g/mol. The summed E-state index contributed by atoms with van der Waals surface area (Å²) in [5, 5.41) is 6.92. The van der Waals surface area contributed by atoms with Crippen LogP contribution in [-0.2, 0) is 6.42 Å². The van der Waals surface area contributed by atoms with Gasteiger partial charge in [0.15, 0.2) is 0 Å². The highest BCUT2D eigenvalue weighted by Gasteiger charge is 2.08. The van der Waals surface area contributed by atoms with Gasteiger partial charge in [-0.2, -0.15) is 4.98 Å². The van der Waals surface area contributed by atoms with Gasteiger partial charge in [0.1, 0.15) is 17.4 Å². The quantitative estimate of drug-likeness (QED) is 0.599. The molecule has 0 saturated carbocycles. The number of methoxy groups -OCH3 is 1. The van der Waals surface area contributed by atoms with E-state index in [1.807, 2.05) is 19.1 Å². The standard InChI is InChI=1S/C20H20ClFN4O/c1-13-11-19(23-10-9-14-5-3-4-6-16(14)22)26-20(24-13)25-17-12-15(21)7-8-18(17)27-2/h3-8,11-12H,9-10H2,1-2H3,(H2,23,24,25,26). The van der Waals surface area contributed by atoms with Gasteiger partial charge >= 0.3 is 0 Å². The fourth-order valence-corrected chi connectivity index (χ4v) is 2.81. The van der Waals surface area contributed by atoms with Crippen LogP contribution >= 0.6 is 11.6 Å². The first-order chi connectivity index (χ1) is 13.0. The summed E-state index contributed by atoms with van der Waals surface area (Å²) < 4.78 is 19.0. The van der Waals surface area contributed by atoms with Crippen LogP contribution in [0.1, 0.15) is 11.3 Å². The highest BCUT2D eigenvalue weighted by atomic mass is 35.5. The van der Waals surface area contributed by atoms with E-state index in [1.165, 1.54) is 6.07 Å². The van der Waals surface area contributed by atoms with Crippen LogP contribution in [0.15, 0.2) is 48.5 Å². The summed E-state index contributed by atoms with van der Waals surface area (Å²) in [5.41, 5.74) is 2.13. The highest BCUT2D eigenvalue weighted by Crippen LogP contribution is 2.29. The van der Waals surface area contributed by atoms with Crippen molar-refractivity contribution in [3.8, 4) is 5.75 Å². The Morgan fingerprint density at radius 1 is 1.11 bits per heavy atom. The van der Waals surface area contributed by atoms with E-state index in [-0.39, 0.29) is 5.82 Å². The van der Waals surface area contributed by atoms with Crippen LogP contribution in [0.25, 0.3) is 0 Å². The summed E-state index contributed by atoms with van der Waals surface area (Å²) in [6.45, 7) is 2.43. The fourth-order valence-electron chi connectivity index (χ4n) is 2.64. The molecule has 140 valence electrons. The third-order valence-corrected chi connectivity index (χ3v) is 4.16. The van der Waals surface area contributed by atoms with Crippen LogP contribution in [0.2, 0.25) is 5.02 Å². The molecule has 0 saturated heterocycles. The molecule has 0 aliphatic rings. The van der Waals surface area contributed by atoms with E-state index >= 15 is 0 Å². The minimum Gasteiger partial charge on any atom is -0.495 e. The van der Waals surface area contributed by atoms with Crippen molar-refractivity contribution in [3.05, 3.63) is 70.6 Å². The fraction of sp³-hybridized carbons (Fsp3) is 0.200. The van der Waals surface area contributed by atoms with Crippen molar-refractivity contribution in [2.75, 3.05) is 24.3 Å². The van der Waals surface area contributed by atoms with E-state index in [4.69, 9.17) is 16.3 Å². The Morgan fingerprint density at radius 2 is 1.93 bits per heavy atom. The molecule has 0 amide bonds. The minimum absolute atomic E-state index is 0.200. The molecule has 0 bridgehead atoms. The average molecular weight is 387 g/mol. The lowest BCUT2D eigenvalue weighted by atomic mass is 10.1. The van der Waals surface area contributed by atoms with Crippen molar-refractivity contribution in [1.82, 2.24) is 9.97 Å². The third-order valence-electron chi connectivity index (χ3n) is 3.92. The molecule has 3 rings (SSSR count). The number of nitrogens with zero attached hydrogens (tertiary/aromatic N) is 2. The van der Waals surface area contributed by atoms with E-state index < -0.39 is 0 Å². The largest absolute Gasteiger partial charge is 0.495 e. The predicted octanol–water partition coefficient (Wildman–Crippen LogP) is 4.98. The van der Waals surface area contributed by atoms with Crippen molar-refractivity contribution in [2.45, 2.75) is 13.3 Å². The zero-order valence-corrected chi connectivity index (χ0v) is 15.8. The van der Waals surface area contributed by atoms with Crippen molar-refractivity contribution >= 4 is 29.1 Å². The predicted molar refractivity (Wildman–Crippen MR) is 107 cm³/mol. The Kier molecular flexibility index (Phi) is 6.08. The zero-order valence-electron chi connectivity index (χ0n) is 15.1. The van der Waals surface area contributed by atoms with Gasteiger partial charge in [0.05, 0.1) is 12.8 Å². The molecular formula is C20H20ClFN4O. The number of hydrogen-bond donors (Lipinski definition) is 2. The number of nitrogens with one attached hydrogen (secondary N) is 2. The van der Waals surface area contributed by atoms with Crippen molar-refractivity contribution in [1.29, 1.82) is 0 Å². The van der Waals surface area contributed by atoms with Crippen LogP contribution < -0.4 is 15.4 Å². The van der Waals surface area contributed by atoms with Gasteiger partial charge in [0, 0.05) is 23.3 Å². The maximum absolute atomic E-state index is 13.7. The topological polar surface area (TPSA) is 59.1 Å². The minimum atomic E-state index is -0.200. The highest BCUT2D eigenvalue weighted by molar-refractivity contribution is 6.31. The molecule has 2 N–H and O–H groups in total. The van der Waals surface area contributed by atoms with Crippen LogP contribution in [0.5, 0.6) is 5.75 Å². The first-order valence-electron chi connectivity index (χ1n) is 8.48. The Bertz CT molecular complexity index is 936. The number of halogens is 2. The lowest BCUT2D eigenvalue weighted by Crippen LogP contribution is -2.09. The van der Waals surface area contributed by atoms with E-state index in [1.54, 1.807) is 37.4 Å². The van der Waals surface area contributed by atoms with Crippen LogP contribution in [-0.4, -0.2) is 23.6 Å². The Balaban J connectivity index is 1.71. The second kappa shape index (κ2) is 8.68. The lowest BCUT2D eigenvalue weighted by molar-refractivity contribution is 0.417. The molecule has 0 atom stereocenters. The van der Waals surface area contributed by atoms with Gasteiger partial charge in [-0.1, -0.05) is 29.8 Å². The summed E-state index contributed by atoms with van der Waals surface area (Å²) in [6, 6.07) is 13.9. The number of hydrogen-bond acceptors (Lipinski definition) is 5. The van der Waals surface area contributed by atoms with Crippen LogP contribution in [0.4, 0.5) is 21.8 Å². The molecule has 0 fully saturated rings. The van der Waals surface area contributed by atoms with Gasteiger partial charge < -0.3 is 15.4 Å². The molecule has 0 unspecified atom stereocenters. The van der Waals surface area contributed by atoms with Gasteiger partial charge in [-0.05, 0) is 43.2 Å². The molecule has 0 aliphatic heterocycles. The zero-order chi connectivity index (χ0) is 19.2. The maximum atomic E-state index is 13.7. The molecule has 2 aromatic carbocycles. The second-order valence-electron chi connectivity index (χ2n) is 5.96. The summed E-state index contributed by atoms with van der Waals surface area (Å²) in [4.78, 5) is 8.86. The molecule has 0 aliphatic carbocycles. The summed E-state index contributed by atoms with van der Waals surface area (Å²) in [7, 11) is 1.58. The van der Waals surface area contributed by atoms with Gasteiger partial charge in [-0.15, -0.1) is 0 Å². The van der Waals surface area contributed by atoms with Gasteiger partial charge in [-0.3, -0.25) is 0 Å². The number of ether oxygens (including phenoxy) is 1. The SMILES string of the molecule is COc1ccc(Cl)cc1Nc1nc(C)cc(NCCc2ccccc2F)n1. The first kappa shape index (κ1) is 18.9. The average Bonchev–Trinajstić information content (AvgIpc) is 2.63. The Morgan fingerprint density at radius 3 is 2.70 bits per heavy atom. The number of benzene rings is 2. The lowest BCUT2D eigenvalue weighted by Gasteiger charge is -2.12. The molecular weight excluding hydrogens is 367 g/mol. The molecule has 0 spiro atoms. The van der Waals surface area contributed by atoms with Gasteiger partial charge in [-0.25, -0.2) is 9.37 Å². The summed E-state index contributed by atoms with van der Waals surface area (Å²) >= 11 is 6.06. The van der Waals surface area contributed by atoms with E-state index in [2.05, 4.69) is 20.6 Å².